The lowest BCUT2D eigenvalue weighted by molar-refractivity contribution is 0.219. The Morgan fingerprint density at radius 2 is 2.06 bits per heavy atom. The van der Waals surface area contributed by atoms with Gasteiger partial charge in [-0.05, 0) is 47.4 Å². The Labute approximate surface area is 111 Å². The van der Waals surface area contributed by atoms with E-state index in [-0.39, 0.29) is 0 Å². The largest absolute Gasteiger partial charge is 0.495 e. The molecule has 0 aliphatic heterocycles. The van der Waals surface area contributed by atoms with Gasteiger partial charge in [0.15, 0.2) is 0 Å². The fourth-order valence-electron chi connectivity index (χ4n) is 2.59. The molecular weight excluding hydrogens is 244 g/mol. The van der Waals surface area contributed by atoms with Gasteiger partial charge in [-0.3, -0.25) is 0 Å². The van der Waals surface area contributed by atoms with Crippen LogP contribution >= 0.6 is 11.3 Å². The minimum Gasteiger partial charge on any atom is -0.495 e. The van der Waals surface area contributed by atoms with Crippen molar-refractivity contribution in [2.75, 3.05) is 7.11 Å². The van der Waals surface area contributed by atoms with E-state index in [1.54, 1.807) is 7.11 Å². The van der Waals surface area contributed by atoms with E-state index >= 15 is 0 Å². The summed E-state index contributed by atoms with van der Waals surface area (Å²) in [6, 6.07) is 8.23. The van der Waals surface area contributed by atoms with Crippen molar-refractivity contribution in [3.05, 3.63) is 51.2 Å². The maximum atomic E-state index is 10.5. The van der Waals surface area contributed by atoms with E-state index in [0.29, 0.717) is 0 Å². The Bertz CT molecular complexity index is 559. The van der Waals surface area contributed by atoms with Crippen LogP contribution < -0.4 is 4.74 Å². The number of benzene rings is 1. The highest BCUT2D eigenvalue weighted by Crippen LogP contribution is 2.36. The Morgan fingerprint density at radius 1 is 1.22 bits per heavy atom. The van der Waals surface area contributed by atoms with E-state index in [9.17, 15) is 5.11 Å². The Balaban J connectivity index is 1.95. The van der Waals surface area contributed by atoms with Crippen molar-refractivity contribution in [1.82, 2.24) is 0 Å². The molecule has 0 saturated carbocycles. The molecule has 1 heterocycles. The number of thiophene rings is 1. The lowest BCUT2D eigenvalue weighted by atomic mass is 10.0. The summed E-state index contributed by atoms with van der Waals surface area (Å²) in [7, 11) is 1.64. The first-order chi connectivity index (χ1) is 8.79. The average molecular weight is 260 g/mol. The monoisotopic (exact) mass is 260 g/mol. The molecule has 3 heteroatoms. The van der Waals surface area contributed by atoms with Crippen LogP contribution in [0, 0.1) is 0 Å². The fourth-order valence-corrected chi connectivity index (χ4v) is 3.46. The first kappa shape index (κ1) is 11.8. The third kappa shape index (κ3) is 1.93. The number of hydrogen-bond acceptors (Lipinski definition) is 3. The van der Waals surface area contributed by atoms with Gasteiger partial charge < -0.3 is 9.84 Å². The van der Waals surface area contributed by atoms with Gasteiger partial charge in [-0.1, -0.05) is 18.2 Å². The maximum Gasteiger partial charge on any atom is 0.135 e. The van der Waals surface area contributed by atoms with Crippen LogP contribution in [0.2, 0.25) is 0 Å². The molecule has 1 aromatic carbocycles. The average Bonchev–Trinajstić information content (AvgIpc) is 3.05. The molecule has 2 aromatic rings. The standard InChI is InChI=1S/C15H16O2S/c1-17-13-7-8-18-15(13)14(16)12-6-5-10-3-2-4-11(10)9-12/h5-9,14,16H,2-4H2,1H3. The molecule has 94 valence electrons. The van der Waals surface area contributed by atoms with Crippen LogP contribution in [-0.4, -0.2) is 12.2 Å². The van der Waals surface area contributed by atoms with Gasteiger partial charge in [-0.2, -0.15) is 0 Å². The SMILES string of the molecule is COc1ccsc1C(O)c1ccc2c(c1)CCC2. The van der Waals surface area contributed by atoms with Crippen LogP contribution in [-0.2, 0) is 12.8 Å². The molecule has 0 spiro atoms. The van der Waals surface area contributed by atoms with Gasteiger partial charge in [0.25, 0.3) is 0 Å². The molecule has 3 rings (SSSR count). The van der Waals surface area contributed by atoms with Gasteiger partial charge in [-0.25, -0.2) is 0 Å². The number of hydrogen-bond donors (Lipinski definition) is 1. The third-order valence-corrected chi connectivity index (χ3v) is 4.51. The second-order valence-corrected chi connectivity index (χ2v) is 5.59. The van der Waals surface area contributed by atoms with E-state index in [1.807, 2.05) is 17.5 Å². The quantitative estimate of drug-likeness (QED) is 0.917. The van der Waals surface area contributed by atoms with Crippen LogP contribution in [0.25, 0.3) is 0 Å². The van der Waals surface area contributed by atoms with Crippen LogP contribution in [0.1, 0.15) is 34.1 Å². The summed E-state index contributed by atoms with van der Waals surface area (Å²) in [6.07, 6.45) is 2.97. The molecule has 0 bridgehead atoms. The lowest BCUT2D eigenvalue weighted by Gasteiger charge is -2.12. The Hall–Kier alpha value is -1.32. The molecule has 0 fully saturated rings. The predicted octanol–water partition coefficient (Wildman–Crippen LogP) is 3.33. The fraction of sp³-hybridized carbons (Fsp3) is 0.333. The van der Waals surface area contributed by atoms with Crippen LogP contribution in [0.3, 0.4) is 0 Å². The summed E-state index contributed by atoms with van der Waals surface area (Å²) in [5.74, 6) is 0.771. The molecule has 2 nitrogen and oxygen atoms in total. The predicted molar refractivity (Wildman–Crippen MR) is 73.4 cm³/mol. The zero-order valence-corrected chi connectivity index (χ0v) is 11.2. The van der Waals surface area contributed by atoms with Gasteiger partial charge in [0, 0.05) is 0 Å². The number of ether oxygens (including phenoxy) is 1. The number of aryl methyl sites for hydroxylation is 2. The number of fused-ring (bicyclic) bond motifs is 1. The second-order valence-electron chi connectivity index (χ2n) is 4.64. The van der Waals surface area contributed by atoms with Crippen molar-refractivity contribution < 1.29 is 9.84 Å². The zero-order valence-electron chi connectivity index (χ0n) is 10.3. The first-order valence-corrected chi connectivity index (χ1v) is 7.08. The van der Waals surface area contributed by atoms with E-state index in [4.69, 9.17) is 4.74 Å². The maximum absolute atomic E-state index is 10.5. The summed E-state index contributed by atoms with van der Waals surface area (Å²) in [5.41, 5.74) is 3.79. The van der Waals surface area contributed by atoms with Crippen molar-refractivity contribution in [3.8, 4) is 5.75 Å². The van der Waals surface area contributed by atoms with Crippen LogP contribution in [0.5, 0.6) is 5.75 Å². The number of aliphatic hydroxyl groups excluding tert-OH is 1. The summed E-state index contributed by atoms with van der Waals surface area (Å²) >= 11 is 1.54. The molecule has 1 aromatic heterocycles. The smallest absolute Gasteiger partial charge is 0.135 e. The van der Waals surface area contributed by atoms with Crippen LogP contribution in [0.15, 0.2) is 29.6 Å². The van der Waals surface area contributed by atoms with Gasteiger partial charge in [0.1, 0.15) is 11.9 Å². The zero-order chi connectivity index (χ0) is 12.5. The number of aliphatic hydroxyl groups is 1. The molecule has 1 unspecified atom stereocenters. The second kappa shape index (κ2) is 4.75. The van der Waals surface area contributed by atoms with Crippen molar-refractivity contribution in [2.45, 2.75) is 25.4 Å². The van der Waals surface area contributed by atoms with E-state index < -0.39 is 6.10 Å². The van der Waals surface area contributed by atoms with E-state index in [1.165, 1.54) is 35.3 Å². The number of methoxy groups -OCH3 is 1. The topological polar surface area (TPSA) is 29.5 Å². The molecule has 0 saturated heterocycles. The van der Waals surface area contributed by atoms with E-state index in [0.717, 1.165) is 22.6 Å². The lowest BCUT2D eigenvalue weighted by Crippen LogP contribution is -2.00. The van der Waals surface area contributed by atoms with Crippen molar-refractivity contribution in [3.63, 3.8) is 0 Å². The molecular formula is C15H16O2S. The molecule has 1 N–H and O–H groups in total. The highest BCUT2D eigenvalue weighted by atomic mass is 32.1. The minimum atomic E-state index is -0.578. The number of rotatable bonds is 3. The first-order valence-electron chi connectivity index (χ1n) is 6.20. The molecule has 0 radical (unpaired) electrons. The highest BCUT2D eigenvalue weighted by molar-refractivity contribution is 7.10. The summed E-state index contributed by atoms with van der Waals surface area (Å²) in [4.78, 5) is 0.885. The van der Waals surface area contributed by atoms with Crippen molar-refractivity contribution in [1.29, 1.82) is 0 Å². The molecule has 1 atom stereocenters. The molecule has 0 amide bonds. The van der Waals surface area contributed by atoms with Gasteiger partial charge in [-0.15, -0.1) is 11.3 Å². The Morgan fingerprint density at radius 3 is 2.89 bits per heavy atom. The molecule has 1 aliphatic rings. The summed E-state index contributed by atoms with van der Waals surface area (Å²) < 4.78 is 5.27. The van der Waals surface area contributed by atoms with Crippen molar-refractivity contribution >= 4 is 11.3 Å². The van der Waals surface area contributed by atoms with Gasteiger partial charge >= 0.3 is 0 Å². The minimum absolute atomic E-state index is 0.578. The van der Waals surface area contributed by atoms with Gasteiger partial charge in [0.2, 0.25) is 0 Å². The third-order valence-electron chi connectivity index (χ3n) is 3.56. The van der Waals surface area contributed by atoms with Crippen molar-refractivity contribution in [2.24, 2.45) is 0 Å². The normalized spacial score (nSPS) is 15.4. The molecule has 18 heavy (non-hydrogen) atoms. The molecule has 1 aliphatic carbocycles. The van der Waals surface area contributed by atoms with Crippen LogP contribution in [0.4, 0.5) is 0 Å². The highest BCUT2D eigenvalue weighted by Gasteiger charge is 2.19. The summed E-state index contributed by atoms with van der Waals surface area (Å²) in [6.45, 7) is 0. The summed E-state index contributed by atoms with van der Waals surface area (Å²) in [5, 5.41) is 12.4. The van der Waals surface area contributed by atoms with Gasteiger partial charge in [0.05, 0.1) is 12.0 Å². The Kier molecular flexibility index (Phi) is 3.10. The van der Waals surface area contributed by atoms with E-state index in [2.05, 4.69) is 12.1 Å².